The summed E-state index contributed by atoms with van der Waals surface area (Å²) < 4.78 is 23.7. The van der Waals surface area contributed by atoms with Gasteiger partial charge in [-0.1, -0.05) is 11.6 Å². The Bertz CT molecular complexity index is 549. The van der Waals surface area contributed by atoms with Gasteiger partial charge in [-0.2, -0.15) is 0 Å². The molecule has 0 saturated carbocycles. The van der Waals surface area contributed by atoms with E-state index < -0.39 is 15.4 Å². The van der Waals surface area contributed by atoms with Gasteiger partial charge < -0.3 is 5.32 Å². The number of pyridine rings is 1. The summed E-state index contributed by atoms with van der Waals surface area (Å²) in [6, 6.07) is 1.73. The van der Waals surface area contributed by atoms with E-state index in [1.165, 1.54) is 0 Å². The summed E-state index contributed by atoms with van der Waals surface area (Å²) in [5.74, 6) is 0.855. The van der Waals surface area contributed by atoms with E-state index in [4.69, 9.17) is 11.6 Å². The lowest BCUT2D eigenvalue weighted by Crippen LogP contribution is -2.36. The van der Waals surface area contributed by atoms with E-state index in [9.17, 15) is 8.42 Å². The first-order valence-electron chi connectivity index (χ1n) is 5.09. The van der Waals surface area contributed by atoms with E-state index >= 15 is 0 Å². The molecule has 1 unspecified atom stereocenters. The second kappa shape index (κ2) is 4.40. The Morgan fingerprint density at radius 1 is 1.59 bits per heavy atom. The summed E-state index contributed by atoms with van der Waals surface area (Å²) in [6.07, 6.45) is 2.20. The SMILES string of the molecule is CC1(Nc2ncc(Br)cc2Cl)CCS(=O)(=O)C1. The van der Waals surface area contributed by atoms with Crippen LogP contribution in [-0.4, -0.2) is 30.4 Å². The molecule has 1 aliphatic rings. The lowest BCUT2D eigenvalue weighted by Gasteiger charge is -2.25. The molecule has 1 atom stereocenters. The zero-order chi connectivity index (χ0) is 12.7. The van der Waals surface area contributed by atoms with Gasteiger partial charge in [-0.15, -0.1) is 0 Å². The molecular weight excluding hydrogens is 328 g/mol. The average molecular weight is 340 g/mol. The predicted octanol–water partition coefficient (Wildman–Crippen LogP) is 2.49. The van der Waals surface area contributed by atoms with Gasteiger partial charge in [0.2, 0.25) is 0 Å². The van der Waals surface area contributed by atoms with Gasteiger partial charge in [-0.3, -0.25) is 0 Å². The molecule has 2 rings (SSSR count). The number of hydrogen-bond acceptors (Lipinski definition) is 4. The monoisotopic (exact) mass is 338 g/mol. The average Bonchev–Trinajstić information content (AvgIpc) is 2.46. The fourth-order valence-corrected chi connectivity index (χ4v) is 4.67. The molecule has 4 nitrogen and oxygen atoms in total. The van der Waals surface area contributed by atoms with Crippen molar-refractivity contribution in [3.63, 3.8) is 0 Å². The predicted molar refractivity (Wildman–Crippen MR) is 72.2 cm³/mol. The molecule has 0 aromatic carbocycles. The number of sulfone groups is 1. The fraction of sp³-hybridized carbons (Fsp3) is 0.500. The van der Waals surface area contributed by atoms with Crippen molar-refractivity contribution in [3.8, 4) is 0 Å². The standard InChI is InChI=1S/C10H12BrClN2O2S/c1-10(2-3-17(15,16)6-10)14-9-8(12)4-7(11)5-13-9/h4-5H,2-3,6H2,1H3,(H,13,14). The minimum Gasteiger partial charge on any atom is -0.363 e. The van der Waals surface area contributed by atoms with Gasteiger partial charge in [0.15, 0.2) is 9.84 Å². The number of nitrogens with zero attached hydrogens (tertiary/aromatic N) is 1. The smallest absolute Gasteiger partial charge is 0.152 e. The molecule has 94 valence electrons. The number of hydrogen-bond donors (Lipinski definition) is 1. The molecule has 1 aliphatic heterocycles. The minimum atomic E-state index is -2.94. The van der Waals surface area contributed by atoms with Gasteiger partial charge in [0.05, 0.1) is 22.1 Å². The van der Waals surface area contributed by atoms with E-state index in [0.29, 0.717) is 17.3 Å². The number of halogens is 2. The van der Waals surface area contributed by atoms with Crippen molar-refractivity contribution in [2.24, 2.45) is 0 Å². The number of anilines is 1. The van der Waals surface area contributed by atoms with Crippen molar-refractivity contribution in [2.45, 2.75) is 18.9 Å². The van der Waals surface area contributed by atoms with Crippen molar-refractivity contribution < 1.29 is 8.42 Å². The summed E-state index contributed by atoms with van der Waals surface area (Å²) in [7, 11) is -2.94. The molecule has 0 aliphatic carbocycles. The zero-order valence-corrected chi connectivity index (χ0v) is 12.4. The van der Waals surface area contributed by atoms with Crippen LogP contribution < -0.4 is 5.32 Å². The topological polar surface area (TPSA) is 59.1 Å². The van der Waals surface area contributed by atoms with Gasteiger partial charge >= 0.3 is 0 Å². The molecule has 7 heteroatoms. The molecule has 1 saturated heterocycles. The number of nitrogens with one attached hydrogen (secondary N) is 1. The maximum atomic E-state index is 11.5. The summed E-state index contributed by atoms with van der Waals surface area (Å²) >= 11 is 9.31. The third kappa shape index (κ3) is 3.11. The molecule has 0 spiro atoms. The Balaban J connectivity index is 2.22. The van der Waals surface area contributed by atoms with Gasteiger partial charge in [-0.25, -0.2) is 13.4 Å². The van der Waals surface area contributed by atoms with Gasteiger partial charge in [0.25, 0.3) is 0 Å². The summed E-state index contributed by atoms with van der Waals surface area (Å²) in [5.41, 5.74) is -0.483. The lowest BCUT2D eigenvalue weighted by molar-refractivity contribution is 0.572. The van der Waals surface area contributed by atoms with E-state index in [1.54, 1.807) is 12.3 Å². The van der Waals surface area contributed by atoms with E-state index in [-0.39, 0.29) is 11.5 Å². The highest BCUT2D eigenvalue weighted by atomic mass is 79.9. The summed E-state index contributed by atoms with van der Waals surface area (Å²) in [4.78, 5) is 4.15. The Morgan fingerprint density at radius 2 is 2.29 bits per heavy atom. The lowest BCUT2D eigenvalue weighted by atomic mass is 10.0. The van der Waals surface area contributed by atoms with Crippen molar-refractivity contribution in [2.75, 3.05) is 16.8 Å². The van der Waals surface area contributed by atoms with Crippen LogP contribution in [0.5, 0.6) is 0 Å². The number of aromatic nitrogens is 1. The van der Waals surface area contributed by atoms with Crippen molar-refractivity contribution in [1.29, 1.82) is 0 Å². The molecule has 0 radical (unpaired) electrons. The Hall–Kier alpha value is -0.330. The van der Waals surface area contributed by atoms with Crippen LogP contribution in [0, 0.1) is 0 Å². The molecule has 17 heavy (non-hydrogen) atoms. The van der Waals surface area contributed by atoms with Crippen LogP contribution in [0.1, 0.15) is 13.3 Å². The Kier molecular flexibility index (Phi) is 3.40. The molecule has 1 N–H and O–H groups in total. The van der Waals surface area contributed by atoms with E-state index in [0.717, 1.165) is 4.47 Å². The molecule has 1 fully saturated rings. The molecule has 1 aromatic heterocycles. The first-order chi connectivity index (χ1) is 7.80. The summed E-state index contributed by atoms with van der Waals surface area (Å²) in [5, 5.41) is 3.60. The van der Waals surface area contributed by atoms with Crippen LogP contribution in [0.25, 0.3) is 0 Å². The van der Waals surface area contributed by atoms with Crippen LogP contribution >= 0.6 is 27.5 Å². The second-order valence-corrected chi connectivity index (χ2v) is 8.02. The Labute approximate surface area is 114 Å². The Morgan fingerprint density at radius 3 is 2.82 bits per heavy atom. The van der Waals surface area contributed by atoms with Crippen molar-refractivity contribution >= 4 is 43.2 Å². The maximum absolute atomic E-state index is 11.5. The van der Waals surface area contributed by atoms with E-state index in [2.05, 4.69) is 26.2 Å². The molecule has 1 aromatic rings. The first-order valence-corrected chi connectivity index (χ1v) is 8.09. The van der Waals surface area contributed by atoms with Crippen LogP contribution in [0.3, 0.4) is 0 Å². The molecular formula is C10H12BrClN2O2S. The number of rotatable bonds is 2. The van der Waals surface area contributed by atoms with Gasteiger partial charge in [-0.05, 0) is 35.3 Å². The zero-order valence-electron chi connectivity index (χ0n) is 9.20. The molecule has 0 amide bonds. The van der Waals surface area contributed by atoms with Crippen molar-refractivity contribution in [1.82, 2.24) is 4.98 Å². The quantitative estimate of drug-likeness (QED) is 0.899. The largest absolute Gasteiger partial charge is 0.363 e. The van der Waals surface area contributed by atoms with Crippen LogP contribution in [0.15, 0.2) is 16.7 Å². The van der Waals surface area contributed by atoms with Gasteiger partial charge in [0, 0.05) is 10.7 Å². The fourth-order valence-electron chi connectivity index (χ4n) is 1.90. The van der Waals surface area contributed by atoms with Crippen LogP contribution in [0.4, 0.5) is 5.82 Å². The highest BCUT2D eigenvalue weighted by Gasteiger charge is 2.38. The molecule has 2 heterocycles. The van der Waals surface area contributed by atoms with Crippen LogP contribution in [-0.2, 0) is 9.84 Å². The first kappa shape index (κ1) is 13.1. The second-order valence-electron chi connectivity index (χ2n) is 4.51. The highest BCUT2D eigenvalue weighted by molar-refractivity contribution is 9.10. The third-order valence-electron chi connectivity index (χ3n) is 2.73. The minimum absolute atomic E-state index is 0.119. The van der Waals surface area contributed by atoms with E-state index in [1.807, 2.05) is 6.92 Å². The van der Waals surface area contributed by atoms with Gasteiger partial charge in [0.1, 0.15) is 5.82 Å². The highest BCUT2D eigenvalue weighted by Crippen LogP contribution is 2.30. The summed E-state index contributed by atoms with van der Waals surface area (Å²) in [6.45, 7) is 1.87. The third-order valence-corrected chi connectivity index (χ3v) is 5.36. The molecule has 0 bridgehead atoms. The normalized spacial score (nSPS) is 27.0. The van der Waals surface area contributed by atoms with Crippen molar-refractivity contribution in [3.05, 3.63) is 21.8 Å². The van der Waals surface area contributed by atoms with Crippen LogP contribution in [0.2, 0.25) is 5.02 Å². The maximum Gasteiger partial charge on any atom is 0.152 e.